The van der Waals surface area contributed by atoms with Crippen molar-refractivity contribution in [2.45, 2.75) is 265 Å². The van der Waals surface area contributed by atoms with Gasteiger partial charge in [-0.15, -0.1) is 41.4 Å². The van der Waals surface area contributed by atoms with E-state index in [9.17, 15) is 0 Å². The van der Waals surface area contributed by atoms with Crippen LogP contribution >= 0.6 is 82.3 Å². The molecule has 9 aliphatic rings. The maximum absolute atomic E-state index is 6.06. The van der Waals surface area contributed by atoms with Crippen molar-refractivity contribution in [3.63, 3.8) is 0 Å². The number of thioether (sulfide) groups is 7. The number of benzene rings is 8. The van der Waals surface area contributed by atoms with Crippen LogP contribution in [0.1, 0.15) is 186 Å². The molecule has 135 heavy (non-hydrogen) atoms. The van der Waals surface area contributed by atoms with Gasteiger partial charge in [-0.3, -0.25) is 0 Å². The van der Waals surface area contributed by atoms with Crippen LogP contribution in [0, 0.1) is 99.5 Å². The Morgan fingerprint density at radius 3 is 0.778 bits per heavy atom. The minimum atomic E-state index is 0. The quantitative estimate of drug-likeness (QED) is 0.0371. The van der Waals surface area contributed by atoms with Crippen molar-refractivity contribution in [3.8, 4) is 40.2 Å². The van der Waals surface area contributed by atoms with Crippen LogP contribution in [0.25, 0.3) is 0 Å². The summed E-state index contributed by atoms with van der Waals surface area (Å²) in [6.07, 6.45) is 14.0. The maximum Gasteiger partial charge on any atom is 1.00 e. The van der Waals surface area contributed by atoms with Crippen molar-refractivity contribution >= 4 is 82.3 Å². The molecular weight excluding hydrogens is 2670 g/mol. The van der Waals surface area contributed by atoms with E-state index in [1.807, 2.05) is 172 Å². The van der Waals surface area contributed by atoms with Gasteiger partial charge in [-0.25, -0.2) is 46.2 Å². The third-order valence-electron chi connectivity index (χ3n) is 20.8. The van der Waals surface area contributed by atoms with Gasteiger partial charge in [0.05, 0.1) is 76.7 Å². The van der Waals surface area contributed by atoms with E-state index in [0.29, 0.717) is 54.0 Å². The summed E-state index contributed by atoms with van der Waals surface area (Å²) in [4.78, 5) is 8.46. The Morgan fingerprint density at radius 2 is 0.533 bits per heavy atom. The predicted octanol–water partition coefficient (Wildman–Crippen LogP) is 8.79. The molecule has 8 heterocycles. The number of rotatable bonds is 32. The summed E-state index contributed by atoms with van der Waals surface area (Å²) in [7, 11) is 0. The second-order valence-corrected chi connectivity index (χ2v) is 43.1. The first-order valence-electron chi connectivity index (χ1n) is 46.0. The van der Waals surface area contributed by atoms with Crippen LogP contribution < -0.4 is 515 Å². The van der Waals surface area contributed by atoms with Gasteiger partial charge in [0.2, 0.25) is 0 Å². The molecule has 700 valence electrons. The molecule has 17 rings (SSSR count). The molecule has 29 heteroatoms. The van der Waals surface area contributed by atoms with Gasteiger partial charge >= 0.3 is 482 Å². The molecule has 1 saturated carbocycles. The van der Waals surface area contributed by atoms with Gasteiger partial charge in [-0.2, -0.15) is 0 Å². The van der Waals surface area contributed by atoms with Crippen LogP contribution in [0.3, 0.4) is 0 Å². The van der Waals surface area contributed by atoms with Gasteiger partial charge in [0.1, 0.15) is 46.4 Å². The Hall–Kier alpha value is 8.85. The summed E-state index contributed by atoms with van der Waals surface area (Å²) in [5.74, 6) is 11.9. The fraction of sp³-hybridized carbons (Fsp3) is 0.481. The van der Waals surface area contributed by atoms with Gasteiger partial charge in [0.25, 0.3) is 0 Å². The molecule has 8 saturated heterocycles. The first kappa shape index (κ1) is 136. The van der Waals surface area contributed by atoms with Crippen LogP contribution in [0.2, 0.25) is 0 Å². The molecule has 0 amide bonds. The molecule has 8 unspecified atom stereocenters. The summed E-state index contributed by atoms with van der Waals surface area (Å²) in [5.41, 5.74) is 2.92. The Bertz CT molecular complexity index is 4370. The number of hydrogen-bond acceptors (Lipinski definition) is 22. The zero-order chi connectivity index (χ0) is 90.2. The van der Waals surface area contributed by atoms with E-state index in [4.69, 9.17) is 71.1 Å². The smallest absolute Gasteiger partial charge is 0.542 e. The molecule has 0 bridgehead atoms. The predicted molar refractivity (Wildman–Crippen MR) is 528 cm³/mol. The van der Waals surface area contributed by atoms with Crippen molar-refractivity contribution in [2.24, 2.45) is 53.3 Å². The Labute approximate surface area is 1250 Å². The van der Waals surface area contributed by atoms with E-state index in [0.717, 1.165) is 143 Å². The average Bonchev–Trinajstić information content (AvgIpc) is 1.65. The Kier molecular flexibility index (Phi) is 79.6. The Morgan fingerprint density at radius 1 is 0.289 bits per heavy atom. The van der Waals surface area contributed by atoms with Crippen molar-refractivity contribution in [2.75, 3.05) is 39.6 Å². The van der Waals surface area contributed by atoms with Crippen molar-refractivity contribution in [1.82, 2.24) is 0 Å². The van der Waals surface area contributed by atoms with E-state index >= 15 is 0 Å². The minimum absolute atomic E-state index is 0. The molecule has 8 aromatic rings. The number of hydrogen-bond donors (Lipinski definition) is 0. The minimum Gasteiger partial charge on any atom is -0.542 e. The first-order chi connectivity index (χ1) is 62.1. The molecule has 0 N–H and O–H groups in total. The summed E-state index contributed by atoms with van der Waals surface area (Å²) < 4.78 is 84.9. The van der Waals surface area contributed by atoms with Crippen LogP contribution in [0.4, 0.5) is 0 Å². The zero-order valence-electron chi connectivity index (χ0n) is 84.3. The van der Waals surface area contributed by atoms with Crippen LogP contribution in [-0.2, 0) is 37.9 Å². The topological polar surface area (TPSA) is 138 Å². The fourth-order valence-corrected chi connectivity index (χ4v) is 22.2. The van der Waals surface area contributed by atoms with E-state index < -0.39 is 0 Å². The van der Waals surface area contributed by atoms with Crippen molar-refractivity contribution in [3.05, 3.63) is 252 Å². The maximum atomic E-state index is 6.06. The molecule has 15 nitrogen and oxygen atoms in total. The second-order valence-electron chi connectivity index (χ2n) is 34.5. The monoisotopic (exact) mass is 2800 g/mol. The summed E-state index contributed by atoms with van der Waals surface area (Å²) in [6, 6.07) is 68.0. The molecule has 0 aromatic heterocycles. The van der Waals surface area contributed by atoms with Crippen LogP contribution in [0.15, 0.2) is 234 Å². The van der Waals surface area contributed by atoms with Gasteiger partial charge in [-0.05, 0) is 263 Å². The average molecular weight is 2810 g/mol. The molecule has 1 aliphatic carbocycles. The fourth-order valence-electron chi connectivity index (χ4n) is 14.0. The zero-order valence-corrected chi connectivity index (χ0v) is 134. The van der Waals surface area contributed by atoms with Gasteiger partial charge in [-0.1, -0.05) is 211 Å². The third-order valence-corrected chi connectivity index (χ3v) is 28.5. The molecule has 9 fully saturated rings. The summed E-state index contributed by atoms with van der Waals surface area (Å²) in [6.45, 7) is 48.1. The molecular formula is C106H137Cs7O15S7. The molecule has 0 radical (unpaired) electrons. The standard InChI is InChI=1S/C19H21O2S.C17H23O3S.C15H19O2S.3C14H19O2S.C13H17O2S.7Cs/c1-14-11-19(20-13-14)22-18-10-6-9-17(12-18)21-15(2)16-7-4-3-5-8-16;1-13-9-17(20-11-13)21-16-4-2-3-15(10-16)19-12-14-5-7-18-8-6-14;1-11-7-15(17-9-11)18-14-4-2-3-13(8-14)16-10-12-5-6-12;2*1-10(2)16-12-5-4-6-13(8-12)17-14-7-11(3)9-15-14;1-3-7-15-12-5-4-6-13(9-12)17-14-8-11(2)10-16-14;1-3-14-11-5-4-6-12(8-11)16-13-7-10(2)9-15-13;;;;;;;/h3-10,12-15,19H,11H2,1-2H3;2-4,10-11,13-14,17H,5-9,12H2,1H3;2-4,8-9,11-12,15H,5-7,10H2,1H3;2*4-6,8-11,14H,7H2,1-3H3;4-6,9-11,14H,3,7-8H2,1-2H3;4-6,8-10,13H,3,7H2,1-2H3;;;;;;;/q7*-1;7*+1/t14-,15?,19?;13-,17?;11-,15?;3*11-,14?;10-,13?;;;;;;;/m1111111......./s1. The third kappa shape index (κ3) is 57.6. The van der Waals surface area contributed by atoms with E-state index in [1.165, 1.54) is 52.7 Å². The van der Waals surface area contributed by atoms with E-state index in [-0.39, 0.29) is 539 Å². The van der Waals surface area contributed by atoms with E-state index in [2.05, 4.69) is 172 Å². The van der Waals surface area contributed by atoms with Crippen molar-refractivity contribution in [1.29, 1.82) is 0 Å². The van der Waals surface area contributed by atoms with Crippen LogP contribution in [-0.4, -0.2) is 89.9 Å². The van der Waals surface area contributed by atoms with Gasteiger partial charge in [0, 0.05) is 47.5 Å². The van der Waals surface area contributed by atoms with Crippen LogP contribution in [0.5, 0.6) is 40.2 Å². The van der Waals surface area contributed by atoms with Crippen molar-refractivity contribution < 1.29 is 553 Å². The largest absolute Gasteiger partial charge is 1.00 e. The van der Waals surface area contributed by atoms with Gasteiger partial charge in [0.15, 0.2) is 0 Å². The van der Waals surface area contributed by atoms with E-state index in [1.54, 1.807) is 82.3 Å². The molecule has 8 aromatic carbocycles. The first-order valence-corrected chi connectivity index (χ1v) is 52.2. The normalized spacial score (nSPS) is 23.5. The number of ether oxygens (including phenoxy) is 15. The van der Waals surface area contributed by atoms with Gasteiger partial charge < -0.3 is 71.1 Å². The Balaban J connectivity index is 0.000000327. The summed E-state index contributed by atoms with van der Waals surface area (Å²) in [5, 5.41) is 0. The summed E-state index contributed by atoms with van der Waals surface area (Å²) >= 11 is 12.4. The SMILES string of the molecule is CC(C)Oc1cccc(SC2C[C@@H](C)[CH-]O2)c1.CC(C)Oc1cccc(SC2C[C@@H](C)[CH-]O2)c1.CC(Oc1cccc(SC2C[C@@H](C)[CH-]O2)c1)c1ccccc1.CCCOc1cccc(SC2C[C@@H](C)[CH-]O2)c1.CCOc1cccc(SC2C[C@@H](C)[CH-]O2)c1.C[C@H]1[CH-]OC(Sc2cccc(OCC3CC3)c2)C1.C[C@H]1[CH-]OC(Sc2cccc(OCC3CCOCC3)c2)C1.[Cs+].[Cs+].[Cs+].[Cs+].[Cs+].[Cs+].[Cs+]. The second kappa shape index (κ2) is 78.9. The molecule has 8 aliphatic heterocycles. The molecule has 0 spiro atoms. The molecule has 15 atom stereocenters.